The van der Waals surface area contributed by atoms with Crippen LogP contribution in [0.15, 0.2) is 23.1 Å². The molecule has 3 heteroatoms. The second kappa shape index (κ2) is 3.00. The maximum absolute atomic E-state index is 11.3. The van der Waals surface area contributed by atoms with E-state index in [1.165, 1.54) is 18.7 Å². The first kappa shape index (κ1) is 8.51. The van der Waals surface area contributed by atoms with E-state index in [-0.39, 0.29) is 11.6 Å². The molecule has 2 nitrogen and oxygen atoms in total. The maximum atomic E-state index is 11.3. The van der Waals surface area contributed by atoms with E-state index >= 15 is 0 Å². The zero-order valence-electron chi connectivity index (χ0n) is 7.16. The van der Waals surface area contributed by atoms with E-state index in [9.17, 15) is 9.59 Å². The Kier molecular flexibility index (Phi) is 1.96. The fourth-order valence-corrected chi connectivity index (χ4v) is 2.25. The molecule has 1 aromatic carbocycles. The highest BCUT2D eigenvalue weighted by Crippen LogP contribution is 2.31. The van der Waals surface area contributed by atoms with E-state index in [2.05, 4.69) is 0 Å². The summed E-state index contributed by atoms with van der Waals surface area (Å²) in [5, 5.41) is 0. The lowest BCUT2D eigenvalue weighted by Gasteiger charge is -1.98. The van der Waals surface area contributed by atoms with Crippen molar-refractivity contribution in [2.24, 2.45) is 0 Å². The van der Waals surface area contributed by atoms with Crippen LogP contribution in [0.2, 0.25) is 0 Å². The van der Waals surface area contributed by atoms with Crippen LogP contribution in [0.5, 0.6) is 0 Å². The van der Waals surface area contributed by atoms with Crippen molar-refractivity contribution in [1.29, 1.82) is 0 Å². The smallest absolute Gasteiger partial charge is 0.174 e. The second-order valence-electron chi connectivity index (χ2n) is 2.98. The van der Waals surface area contributed by atoms with Gasteiger partial charge in [0.05, 0.1) is 5.75 Å². The van der Waals surface area contributed by atoms with E-state index in [0.29, 0.717) is 16.9 Å². The largest absolute Gasteiger partial charge is 0.295 e. The summed E-state index contributed by atoms with van der Waals surface area (Å²) in [5.74, 6) is 0.645. The minimum Gasteiger partial charge on any atom is -0.295 e. The number of hydrogen-bond donors (Lipinski definition) is 0. The van der Waals surface area contributed by atoms with Crippen molar-refractivity contribution in [2.45, 2.75) is 11.8 Å². The third-order valence-electron chi connectivity index (χ3n) is 2.05. The molecule has 1 heterocycles. The number of fused-ring (bicyclic) bond motifs is 1. The van der Waals surface area contributed by atoms with Gasteiger partial charge in [-0.25, -0.2) is 0 Å². The molecule has 0 unspecified atom stereocenters. The van der Waals surface area contributed by atoms with E-state index < -0.39 is 0 Å². The number of carbonyl (C=O) groups is 2. The van der Waals surface area contributed by atoms with Gasteiger partial charge >= 0.3 is 0 Å². The molecule has 0 aromatic heterocycles. The summed E-state index contributed by atoms with van der Waals surface area (Å²) in [6.07, 6.45) is 0. The average Bonchev–Trinajstić information content (AvgIpc) is 2.47. The molecule has 0 atom stereocenters. The van der Waals surface area contributed by atoms with Gasteiger partial charge in [0.2, 0.25) is 0 Å². The molecule has 1 aromatic rings. The van der Waals surface area contributed by atoms with Crippen LogP contribution < -0.4 is 0 Å². The second-order valence-corrected chi connectivity index (χ2v) is 4.00. The summed E-state index contributed by atoms with van der Waals surface area (Å²) in [7, 11) is 0. The molecule has 0 saturated carbocycles. The number of hydrogen-bond acceptors (Lipinski definition) is 3. The Morgan fingerprint density at radius 1 is 1.46 bits per heavy atom. The zero-order chi connectivity index (χ0) is 9.42. The van der Waals surface area contributed by atoms with Crippen LogP contribution in [-0.4, -0.2) is 17.3 Å². The Labute approximate surface area is 80.3 Å². The summed E-state index contributed by atoms with van der Waals surface area (Å²) < 4.78 is 0. The molecule has 1 aliphatic heterocycles. The van der Waals surface area contributed by atoms with Gasteiger partial charge in [-0.3, -0.25) is 9.59 Å². The van der Waals surface area contributed by atoms with Crippen molar-refractivity contribution >= 4 is 23.3 Å². The van der Waals surface area contributed by atoms with Crippen LogP contribution in [0, 0.1) is 0 Å². The molecule has 0 radical (unpaired) electrons. The van der Waals surface area contributed by atoms with Gasteiger partial charge in [-0.05, 0) is 19.1 Å². The SMILES string of the molecule is CC(=O)c1ccc2c(c1)C(=O)CS2. The summed E-state index contributed by atoms with van der Waals surface area (Å²) in [5.41, 5.74) is 1.33. The molecule has 0 amide bonds. The van der Waals surface area contributed by atoms with Crippen molar-refractivity contribution in [2.75, 3.05) is 5.75 Å². The lowest BCUT2D eigenvalue weighted by atomic mass is 10.1. The van der Waals surface area contributed by atoms with Crippen molar-refractivity contribution in [3.8, 4) is 0 Å². The van der Waals surface area contributed by atoms with E-state index in [1.807, 2.05) is 6.07 Å². The van der Waals surface area contributed by atoms with Gasteiger partial charge in [-0.1, -0.05) is 6.07 Å². The Morgan fingerprint density at radius 2 is 2.23 bits per heavy atom. The molecule has 1 aliphatic rings. The first-order valence-electron chi connectivity index (χ1n) is 3.99. The zero-order valence-corrected chi connectivity index (χ0v) is 7.98. The van der Waals surface area contributed by atoms with Gasteiger partial charge < -0.3 is 0 Å². The quantitative estimate of drug-likeness (QED) is 0.639. The Morgan fingerprint density at radius 3 is 2.92 bits per heavy atom. The van der Waals surface area contributed by atoms with E-state index in [0.717, 1.165) is 4.90 Å². The Hall–Kier alpha value is -1.09. The minimum absolute atomic E-state index is 0.00694. The summed E-state index contributed by atoms with van der Waals surface area (Å²) in [4.78, 5) is 23.3. The Balaban J connectivity index is 2.54. The molecule has 0 bridgehead atoms. The fraction of sp³-hybridized carbons (Fsp3) is 0.200. The normalized spacial score (nSPS) is 14.4. The monoisotopic (exact) mass is 192 g/mol. The van der Waals surface area contributed by atoms with Crippen molar-refractivity contribution in [3.63, 3.8) is 0 Å². The molecule has 0 spiro atoms. The number of thioether (sulfide) groups is 1. The minimum atomic E-state index is 0.00694. The first-order chi connectivity index (χ1) is 6.18. The number of ketones is 2. The molecule has 2 rings (SSSR count). The molecule has 0 saturated heterocycles. The molecule has 0 aliphatic carbocycles. The van der Waals surface area contributed by atoms with Gasteiger partial charge in [0.1, 0.15) is 0 Å². The highest BCUT2D eigenvalue weighted by Gasteiger charge is 2.20. The van der Waals surface area contributed by atoms with Gasteiger partial charge in [-0.15, -0.1) is 11.8 Å². The van der Waals surface area contributed by atoms with Crippen LogP contribution in [0.25, 0.3) is 0 Å². The molecule has 0 N–H and O–H groups in total. The van der Waals surface area contributed by atoms with Gasteiger partial charge in [-0.2, -0.15) is 0 Å². The highest BCUT2D eigenvalue weighted by atomic mass is 32.2. The first-order valence-corrected chi connectivity index (χ1v) is 4.98. The number of rotatable bonds is 1. The van der Waals surface area contributed by atoms with Gasteiger partial charge in [0, 0.05) is 16.0 Å². The predicted octanol–water partition coefficient (Wildman–Crippen LogP) is 2.18. The van der Waals surface area contributed by atoms with Gasteiger partial charge in [0.15, 0.2) is 11.6 Å². The Bertz CT molecular complexity index is 396. The van der Waals surface area contributed by atoms with E-state index in [4.69, 9.17) is 0 Å². The van der Waals surface area contributed by atoms with Crippen molar-refractivity contribution in [1.82, 2.24) is 0 Å². The molecular weight excluding hydrogens is 184 g/mol. The number of carbonyl (C=O) groups excluding carboxylic acids is 2. The van der Waals surface area contributed by atoms with E-state index in [1.54, 1.807) is 12.1 Å². The maximum Gasteiger partial charge on any atom is 0.174 e. The molecule has 0 fully saturated rings. The summed E-state index contributed by atoms with van der Waals surface area (Å²) in [6, 6.07) is 5.31. The highest BCUT2D eigenvalue weighted by molar-refractivity contribution is 8.00. The molecular formula is C10H8O2S. The molecule has 13 heavy (non-hydrogen) atoms. The van der Waals surface area contributed by atoms with Crippen LogP contribution in [0.4, 0.5) is 0 Å². The third kappa shape index (κ3) is 1.40. The fourth-order valence-electron chi connectivity index (χ4n) is 1.31. The van der Waals surface area contributed by atoms with Crippen molar-refractivity contribution < 1.29 is 9.59 Å². The predicted molar refractivity (Wildman–Crippen MR) is 51.5 cm³/mol. The van der Waals surface area contributed by atoms with Crippen LogP contribution in [-0.2, 0) is 0 Å². The number of benzene rings is 1. The van der Waals surface area contributed by atoms with Gasteiger partial charge in [0.25, 0.3) is 0 Å². The van der Waals surface area contributed by atoms with Crippen LogP contribution >= 0.6 is 11.8 Å². The number of Topliss-reactive ketones (excluding diaryl/α,β-unsaturated/α-hetero) is 2. The topological polar surface area (TPSA) is 34.1 Å². The van der Waals surface area contributed by atoms with Crippen LogP contribution in [0.3, 0.4) is 0 Å². The van der Waals surface area contributed by atoms with Crippen LogP contribution in [0.1, 0.15) is 27.6 Å². The standard InChI is InChI=1S/C10H8O2S/c1-6(11)7-2-3-10-8(4-7)9(12)5-13-10/h2-4H,5H2,1H3. The lowest BCUT2D eigenvalue weighted by molar-refractivity contribution is 0.101. The average molecular weight is 192 g/mol. The summed E-state index contributed by atoms with van der Waals surface area (Å²) >= 11 is 1.54. The lowest BCUT2D eigenvalue weighted by Crippen LogP contribution is -1.98. The van der Waals surface area contributed by atoms with Crippen molar-refractivity contribution in [3.05, 3.63) is 29.3 Å². The molecule has 66 valence electrons. The summed E-state index contributed by atoms with van der Waals surface area (Å²) in [6.45, 7) is 1.51. The third-order valence-corrected chi connectivity index (χ3v) is 3.12.